The molecule has 0 aliphatic heterocycles. The smallest absolute Gasteiger partial charge is 0.315 e. The van der Waals surface area contributed by atoms with Gasteiger partial charge in [-0.25, -0.2) is 4.98 Å². The van der Waals surface area contributed by atoms with Crippen LogP contribution >= 0.6 is 0 Å². The van der Waals surface area contributed by atoms with Crippen molar-refractivity contribution in [3.63, 3.8) is 0 Å². The standard InChI is InChI=1S/C23H27F6N3/c24-22(25,26)19-7-5-18(6-8-19)20-13-17(14-21(32-20)23(27,28)29)9-10-30-11-12-31-15-16-3-1-2-4-16/h5-8,13-14,16,30-31H,1-4,9-12,15H2. The molecule has 2 aromatic rings. The van der Waals surface area contributed by atoms with E-state index in [1.54, 1.807) is 0 Å². The summed E-state index contributed by atoms with van der Waals surface area (Å²) in [5.74, 6) is 0.747. The Morgan fingerprint density at radius 3 is 2.09 bits per heavy atom. The molecule has 1 aromatic heterocycles. The highest BCUT2D eigenvalue weighted by atomic mass is 19.4. The molecule has 3 rings (SSSR count). The van der Waals surface area contributed by atoms with E-state index in [1.165, 1.54) is 31.7 Å². The van der Waals surface area contributed by atoms with Crippen molar-refractivity contribution in [1.82, 2.24) is 15.6 Å². The quantitative estimate of drug-likeness (QED) is 0.373. The zero-order valence-corrected chi connectivity index (χ0v) is 17.6. The van der Waals surface area contributed by atoms with Gasteiger partial charge < -0.3 is 10.6 Å². The SMILES string of the molecule is FC(F)(F)c1ccc(-c2cc(CCNCCNCC3CCCC3)cc(C(F)(F)F)n2)cc1. The maximum absolute atomic E-state index is 13.3. The lowest BCUT2D eigenvalue weighted by Gasteiger charge is -2.13. The third-order valence-electron chi connectivity index (χ3n) is 5.66. The number of rotatable bonds is 9. The van der Waals surface area contributed by atoms with E-state index >= 15 is 0 Å². The number of hydrogen-bond acceptors (Lipinski definition) is 3. The second-order valence-electron chi connectivity index (χ2n) is 8.17. The summed E-state index contributed by atoms with van der Waals surface area (Å²) < 4.78 is 78.2. The average molecular weight is 459 g/mol. The summed E-state index contributed by atoms with van der Waals surface area (Å²) in [5.41, 5.74) is -1.29. The summed E-state index contributed by atoms with van der Waals surface area (Å²) in [5, 5.41) is 6.61. The van der Waals surface area contributed by atoms with Gasteiger partial charge in [0, 0.05) is 18.7 Å². The predicted octanol–water partition coefficient (Wildman–Crippen LogP) is 5.70. The Morgan fingerprint density at radius 2 is 1.47 bits per heavy atom. The van der Waals surface area contributed by atoms with Crippen LogP contribution in [0.15, 0.2) is 36.4 Å². The predicted molar refractivity (Wildman–Crippen MR) is 111 cm³/mol. The molecule has 3 nitrogen and oxygen atoms in total. The van der Waals surface area contributed by atoms with E-state index < -0.39 is 23.6 Å². The molecule has 1 saturated carbocycles. The number of nitrogens with one attached hydrogen (secondary N) is 2. The van der Waals surface area contributed by atoms with Crippen LogP contribution in [0, 0.1) is 5.92 Å². The molecule has 9 heteroatoms. The van der Waals surface area contributed by atoms with E-state index in [1.807, 2.05) is 0 Å². The largest absolute Gasteiger partial charge is 0.433 e. The Hall–Kier alpha value is -2.13. The normalized spacial score (nSPS) is 15.4. The van der Waals surface area contributed by atoms with E-state index in [0.717, 1.165) is 49.3 Å². The van der Waals surface area contributed by atoms with Gasteiger partial charge in [-0.15, -0.1) is 0 Å². The Labute approximate surface area is 183 Å². The average Bonchev–Trinajstić information content (AvgIpc) is 3.25. The Morgan fingerprint density at radius 1 is 0.812 bits per heavy atom. The lowest BCUT2D eigenvalue weighted by molar-refractivity contribution is -0.141. The number of alkyl halides is 6. The highest BCUT2D eigenvalue weighted by Gasteiger charge is 2.33. The number of nitrogens with zero attached hydrogens (tertiary/aromatic N) is 1. The van der Waals surface area contributed by atoms with Crippen LogP contribution in [-0.4, -0.2) is 31.2 Å². The molecule has 1 heterocycles. The van der Waals surface area contributed by atoms with Crippen molar-refractivity contribution in [3.05, 3.63) is 53.2 Å². The van der Waals surface area contributed by atoms with Gasteiger partial charge in [-0.1, -0.05) is 25.0 Å². The Balaban J connectivity index is 1.59. The molecular weight excluding hydrogens is 432 g/mol. The number of benzene rings is 1. The fourth-order valence-electron chi connectivity index (χ4n) is 3.91. The molecule has 1 fully saturated rings. The van der Waals surface area contributed by atoms with Crippen molar-refractivity contribution >= 4 is 0 Å². The number of hydrogen-bond donors (Lipinski definition) is 2. The minimum Gasteiger partial charge on any atom is -0.315 e. The first-order chi connectivity index (χ1) is 15.1. The molecule has 0 radical (unpaired) electrons. The fraction of sp³-hybridized carbons (Fsp3) is 0.522. The first-order valence-corrected chi connectivity index (χ1v) is 10.8. The van der Waals surface area contributed by atoms with E-state index in [0.29, 0.717) is 25.1 Å². The van der Waals surface area contributed by atoms with Crippen molar-refractivity contribution in [2.75, 3.05) is 26.2 Å². The number of pyridine rings is 1. The molecule has 32 heavy (non-hydrogen) atoms. The molecule has 0 unspecified atom stereocenters. The van der Waals surface area contributed by atoms with Crippen LogP contribution < -0.4 is 10.6 Å². The molecule has 0 amide bonds. The highest BCUT2D eigenvalue weighted by molar-refractivity contribution is 5.61. The minimum atomic E-state index is -4.64. The Bertz CT molecular complexity index is 856. The Kier molecular flexibility index (Phi) is 8.16. The van der Waals surface area contributed by atoms with Gasteiger partial charge in [-0.3, -0.25) is 0 Å². The molecule has 0 bridgehead atoms. The van der Waals surface area contributed by atoms with Gasteiger partial charge in [0.25, 0.3) is 0 Å². The first kappa shape index (κ1) is 24.5. The van der Waals surface area contributed by atoms with Crippen molar-refractivity contribution < 1.29 is 26.3 Å². The zero-order valence-electron chi connectivity index (χ0n) is 17.6. The summed E-state index contributed by atoms with van der Waals surface area (Å²) in [6.07, 6.45) is -3.68. The van der Waals surface area contributed by atoms with Crippen molar-refractivity contribution in [2.45, 2.75) is 44.5 Å². The maximum Gasteiger partial charge on any atom is 0.433 e. The monoisotopic (exact) mass is 459 g/mol. The lowest BCUT2D eigenvalue weighted by atomic mass is 10.0. The molecular formula is C23H27F6N3. The van der Waals surface area contributed by atoms with Crippen LogP contribution in [0.2, 0.25) is 0 Å². The second kappa shape index (κ2) is 10.7. The summed E-state index contributed by atoms with van der Waals surface area (Å²) in [7, 11) is 0. The third-order valence-corrected chi connectivity index (χ3v) is 5.66. The van der Waals surface area contributed by atoms with Gasteiger partial charge in [0.1, 0.15) is 5.69 Å². The minimum absolute atomic E-state index is 0.00165. The fourth-order valence-corrected chi connectivity index (χ4v) is 3.91. The summed E-state index contributed by atoms with van der Waals surface area (Å²) in [4.78, 5) is 3.64. The van der Waals surface area contributed by atoms with E-state index in [2.05, 4.69) is 15.6 Å². The van der Waals surface area contributed by atoms with Crippen molar-refractivity contribution in [1.29, 1.82) is 0 Å². The van der Waals surface area contributed by atoms with Gasteiger partial charge in [-0.05, 0) is 68.1 Å². The molecule has 2 N–H and O–H groups in total. The maximum atomic E-state index is 13.3. The molecule has 0 atom stereocenters. The van der Waals surface area contributed by atoms with Gasteiger partial charge in [0.15, 0.2) is 0 Å². The van der Waals surface area contributed by atoms with Crippen LogP contribution in [0.5, 0.6) is 0 Å². The lowest BCUT2D eigenvalue weighted by Crippen LogP contribution is -2.31. The summed E-state index contributed by atoms with van der Waals surface area (Å²) in [6.45, 7) is 2.98. The van der Waals surface area contributed by atoms with Crippen LogP contribution in [-0.2, 0) is 18.8 Å². The van der Waals surface area contributed by atoms with Crippen molar-refractivity contribution in [2.24, 2.45) is 5.92 Å². The van der Waals surface area contributed by atoms with Crippen LogP contribution in [0.4, 0.5) is 26.3 Å². The molecule has 176 valence electrons. The molecule has 1 aromatic carbocycles. The highest BCUT2D eigenvalue weighted by Crippen LogP contribution is 2.33. The summed E-state index contributed by atoms with van der Waals surface area (Å²) >= 11 is 0. The van der Waals surface area contributed by atoms with E-state index in [9.17, 15) is 26.3 Å². The summed E-state index contributed by atoms with van der Waals surface area (Å²) in [6, 6.07) is 6.46. The van der Waals surface area contributed by atoms with Gasteiger partial charge >= 0.3 is 12.4 Å². The molecule has 0 spiro atoms. The number of aromatic nitrogens is 1. The third kappa shape index (κ3) is 7.20. The topological polar surface area (TPSA) is 37.0 Å². The van der Waals surface area contributed by atoms with Crippen LogP contribution in [0.3, 0.4) is 0 Å². The van der Waals surface area contributed by atoms with Gasteiger partial charge in [-0.2, -0.15) is 26.3 Å². The first-order valence-electron chi connectivity index (χ1n) is 10.8. The zero-order chi connectivity index (χ0) is 23.2. The van der Waals surface area contributed by atoms with E-state index in [4.69, 9.17) is 0 Å². The molecule has 1 aliphatic carbocycles. The van der Waals surface area contributed by atoms with Gasteiger partial charge in [0.2, 0.25) is 0 Å². The van der Waals surface area contributed by atoms with Crippen LogP contribution in [0.1, 0.15) is 42.5 Å². The molecule has 1 aliphatic rings. The van der Waals surface area contributed by atoms with Crippen molar-refractivity contribution in [3.8, 4) is 11.3 Å². The van der Waals surface area contributed by atoms with Gasteiger partial charge in [0.05, 0.1) is 11.3 Å². The van der Waals surface area contributed by atoms with E-state index in [-0.39, 0.29) is 11.3 Å². The molecule has 0 saturated heterocycles. The number of halogens is 6. The van der Waals surface area contributed by atoms with Crippen LogP contribution in [0.25, 0.3) is 11.3 Å². The second-order valence-corrected chi connectivity index (χ2v) is 8.17.